The molecular weight excluding hydrogens is 771 g/mol. The number of ether oxygens (including phenoxy) is 3. The Morgan fingerprint density at radius 3 is 2.49 bits per heavy atom. The molecule has 3 heterocycles. The number of rotatable bonds is 6. The fraction of sp³-hybridized carbons (Fsp3) is 0.647. The van der Waals surface area contributed by atoms with Crippen LogP contribution < -0.4 is 9.47 Å². The lowest BCUT2D eigenvalue weighted by molar-refractivity contribution is -0.154. The molecule has 14 atom stereocenters. The van der Waals surface area contributed by atoms with Gasteiger partial charge in [-0.3, -0.25) is 0 Å². The number of aliphatic hydroxyl groups excluding tert-OH is 3. The standard InChI is InChI=1S/C51H67NO9/c1-59-50-39(21-29-15-19-52-26-29)47(40(27-53)48(56)49(50)57)45-24-42(55)36-9-6-32(23-44(36)61-45)31-7-12-43-38(22-31)46-35-8-5-30-3-2-4-33(30)34(35)10-11-37(46)41(54)14-18-51(58)17-13-28(25-51)16-20-60-43/h5,7-8,12,15,19,22,26,28,30,32-37,41-42,44-46,52-58H,2-4,6,9-11,13-14,16-18,20-21,23-25,27H2,1H3/t28-,30+,32-,33-,34-,35+,36+,37+,41+,42-,44-,45-,46-,51-/m0/s1. The molecule has 4 saturated carbocycles. The summed E-state index contributed by atoms with van der Waals surface area (Å²) >= 11 is 0. The van der Waals surface area contributed by atoms with Gasteiger partial charge in [0.15, 0.2) is 11.5 Å². The van der Waals surface area contributed by atoms with Gasteiger partial charge in [-0.15, -0.1) is 0 Å². The molecule has 2 bridgehead atoms. The number of nitrogens with one attached hydrogen (secondary N) is 1. The van der Waals surface area contributed by atoms with E-state index in [1.165, 1.54) is 37.5 Å². The third-order valence-electron chi connectivity index (χ3n) is 17.2. The summed E-state index contributed by atoms with van der Waals surface area (Å²) in [5.74, 6) is 3.20. The Morgan fingerprint density at radius 2 is 1.67 bits per heavy atom. The number of aromatic nitrogens is 1. The topological polar surface area (TPSA) is 165 Å². The van der Waals surface area contributed by atoms with Gasteiger partial charge in [0.05, 0.1) is 50.3 Å². The number of aliphatic hydroxyl groups is 4. The van der Waals surface area contributed by atoms with E-state index in [2.05, 4.69) is 35.3 Å². The summed E-state index contributed by atoms with van der Waals surface area (Å²) in [6.45, 7) is 0.0982. The van der Waals surface area contributed by atoms with E-state index in [9.17, 15) is 30.6 Å². The lowest BCUT2D eigenvalue weighted by Crippen LogP contribution is -2.45. The predicted octanol–water partition coefficient (Wildman–Crippen LogP) is 8.46. The van der Waals surface area contributed by atoms with Gasteiger partial charge in [0.25, 0.3) is 0 Å². The van der Waals surface area contributed by atoms with Crippen LogP contribution in [0.5, 0.6) is 23.0 Å². The van der Waals surface area contributed by atoms with Crippen molar-refractivity contribution in [2.75, 3.05) is 13.7 Å². The van der Waals surface area contributed by atoms with Crippen LogP contribution in [-0.2, 0) is 17.8 Å². The molecule has 10 nitrogen and oxygen atoms in total. The molecule has 1 saturated heterocycles. The van der Waals surface area contributed by atoms with E-state index in [0.29, 0.717) is 79.4 Å². The van der Waals surface area contributed by atoms with Crippen molar-refractivity contribution in [3.05, 3.63) is 82.2 Å². The zero-order chi connectivity index (χ0) is 42.0. The Balaban J connectivity index is 0.990. The number of aromatic hydroxyl groups is 2. The zero-order valence-electron chi connectivity index (χ0n) is 35.8. The molecule has 7 aliphatic rings. The zero-order valence-corrected chi connectivity index (χ0v) is 35.8. The van der Waals surface area contributed by atoms with Crippen LogP contribution in [0.15, 0.2) is 48.8 Å². The molecule has 2 aromatic carbocycles. The van der Waals surface area contributed by atoms with Gasteiger partial charge >= 0.3 is 0 Å². The molecule has 0 amide bonds. The van der Waals surface area contributed by atoms with Gasteiger partial charge in [0.2, 0.25) is 5.75 Å². The Hall–Kier alpha value is -3.54. The summed E-state index contributed by atoms with van der Waals surface area (Å²) in [7, 11) is 1.46. The monoisotopic (exact) mass is 837 g/mol. The van der Waals surface area contributed by atoms with Gasteiger partial charge in [-0.2, -0.15) is 0 Å². The van der Waals surface area contributed by atoms with Crippen molar-refractivity contribution in [2.24, 2.45) is 41.4 Å². The number of hydrogen-bond donors (Lipinski definition) is 7. The lowest BCUT2D eigenvalue weighted by Gasteiger charge is -2.49. The smallest absolute Gasteiger partial charge is 0.201 e. The fourth-order valence-electron chi connectivity index (χ4n) is 14.2. The Kier molecular flexibility index (Phi) is 11.5. The molecule has 1 aromatic heterocycles. The first-order chi connectivity index (χ1) is 29.6. The van der Waals surface area contributed by atoms with Crippen molar-refractivity contribution in [1.82, 2.24) is 4.98 Å². The van der Waals surface area contributed by atoms with Crippen LogP contribution in [-0.4, -0.2) is 73.3 Å². The summed E-state index contributed by atoms with van der Waals surface area (Å²) in [6, 6.07) is 8.79. The maximum absolute atomic E-state index is 12.2. The minimum absolute atomic E-state index is 0.0575. The highest BCUT2D eigenvalue weighted by molar-refractivity contribution is 5.64. The summed E-state index contributed by atoms with van der Waals surface area (Å²) in [5, 5.41) is 68.5. The normalized spacial score (nSPS) is 38.3. The molecule has 0 radical (unpaired) electrons. The van der Waals surface area contributed by atoms with Gasteiger partial charge in [-0.25, -0.2) is 0 Å². The molecule has 61 heavy (non-hydrogen) atoms. The van der Waals surface area contributed by atoms with Crippen molar-refractivity contribution in [2.45, 2.75) is 151 Å². The lowest BCUT2D eigenvalue weighted by atomic mass is 9.56. The van der Waals surface area contributed by atoms with Gasteiger partial charge in [-0.1, -0.05) is 30.7 Å². The van der Waals surface area contributed by atoms with Gasteiger partial charge in [0.1, 0.15) is 5.75 Å². The number of H-pyrrole nitrogens is 1. The number of fused-ring (bicyclic) bond motifs is 10. The quantitative estimate of drug-likeness (QED) is 0.0953. The Labute approximate surface area is 360 Å². The summed E-state index contributed by atoms with van der Waals surface area (Å²) < 4.78 is 19.6. The summed E-state index contributed by atoms with van der Waals surface area (Å²) in [5.41, 5.74) is 4.06. The van der Waals surface area contributed by atoms with Crippen LogP contribution in [0, 0.1) is 41.4 Å². The average Bonchev–Trinajstić information content (AvgIpc) is 4.06. The molecule has 7 N–H and O–H groups in total. The molecule has 2 aliphatic heterocycles. The van der Waals surface area contributed by atoms with Crippen LogP contribution in [0.2, 0.25) is 0 Å². The highest BCUT2D eigenvalue weighted by Gasteiger charge is 2.50. The first-order valence-electron chi connectivity index (χ1n) is 23.7. The molecule has 10 rings (SSSR count). The highest BCUT2D eigenvalue weighted by Crippen LogP contribution is 2.59. The van der Waals surface area contributed by atoms with Crippen LogP contribution in [0.25, 0.3) is 0 Å². The second-order valence-corrected chi connectivity index (χ2v) is 20.3. The molecule has 0 unspecified atom stereocenters. The van der Waals surface area contributed by atoms with E-state index in [4.69, 9.17) is 14.2 Å². The highest BCUT2D eigenvalue weighted by atomic mass is 16.5. The van der Waals surface area contributed by atoms with Gasteiger partial charge in [0, 0.05) is 42.3 Å². The number of hydrogen-bond acceptors (Lipinski definition) is 9. The first kappa shape index (κ1) is 41.5. The second-order valence-electron chi connectivity index (χ2n) is 20.3. The SMILES string of the molecule is COc1c(O)c(O)c(CO)c([C@@H]2C[C@H](O)[C@H]3CC[C@H](c4ccc5c(c4)[C@H]4[C@@H]6C=C[C@H]7CCC[C@@H]7[C@@H]6CC[C@@H]4[C@H](O)CC[C@@]4(O)CC[C@@H](CCO5)C4)C[C@@H]3O2)c1Cc1cc[nH]c1. The Bertz CT molecular complexity index is 2070. The van der Waals surface area contributed by atoms with Crippen molar-refractivity contribution >= 4 is 0 Å². The molecule has 10 heteroatoms. The van der Waals surface area contributed by atoms with Crippen molar-refractivity contribution in [3.63, 3.8) is 0 Å². The van der Waals surface area contributed by atoms with E-state index < -0.39 is 42.0 Å². The van der Waals surface area contributed by atoms with E-state index in [1.807, 2.05) is 18.5 Å². The van der Waals surface area contributed by atoms with Crippen molar-refractivity contribution in [3.8, 4) is 23.0 Å². The second kappa shape index (κ2) is 16.9. The van der Waals surface area contributed by atoms with Crippen LogP contribution >= 0.6 is 0 Å². The summed E-state index contributed by atoms with van der Waals surface area (Å²) in [4.78, 5) is 3.09. The maximum atomic E-state index is 12.2. The molecule has 5 fully saturated rings. The minimum atomic E-state index is -0.695. The molecule has 0 spiro atoms. The van der Waals surface area contributed by atoms with Gasteiger partial charge < -0.3 is 49.8 Å². The predicted molar refractivity (Wildman–Crippen MR) is 231 cm³/mol. The largest absolute Gasteiger partial charge is 0.504 e. The van der Waals surface area contributed by atoms with Crippen LogP contribution in [0.4, 0.5) is 0 Å². The third-order valence-corrected chi connectivity index (χ3v) is 17.2. The number of aromatic amines is 1. The number of phenolic OH excluding ortho intramolecular Hbond substituents is 1. The van der Waals surface area contributed by atoms with Gasteiger partial charge in [-0.05, 0) is 165 Å². The molecule has 3 aromatic rings. The maximum Gasteiger partial charge on any atom is 0.201 e. The third kappa shape index (κ3) is 7.60. The van der Waals surface area contributed by atoms with Crippen LogP contribution in [0.1, 0.15) is 148 Å². The van der Waals surface area contributed by atoms with E-state index >= 15 is 0 Å². The fourth-order valence-corrected chi connectivity index (χ4v) is 14.2. The van der Waals surface area contributed by atoms with Crippen LogP contribution in [0.3, 0.4) is 0 Å². The minimum Gasteiger partial charge on any atom is -0.504 e. The number of phenols is 2. The van der Waals surface area contributed by atoms with E-state index in [1.54, 1.807) is 0 Å². The summed E-state index contributed by atoms with van der Waals surface area (Å²) in [6.07, 6.45) is 20.5. The number of benzene rings is 2. The van der Waals surface area contributed by atoms with Crippen molar-refractivity contribution in [1.29, 1.82) is 0 Å². The molecule has 5 aliphatic carbocycles. The van der Waals surface area contributed by atoms with Crippen molar-refractivity contribution < 1.29 is 44.8 Å². The first-order valence-corrected chi connectivity index (χ1v) is 23.7. The molecular formula is C51H67NO9. The molecule has 330 valence electrons. The Morgan fingerprint density at radius 1 is 0.836 bits per heavy atom. The number of methoxy groups -OCH3 is 1. The van der Waals surface area contributed by atoms with E-state index in [0.717, 1.165) is 62.7 Å². The average molecular weight is 838 g/mol. The van der Waals surface area contributed by atoms with E-state index in [-0.39, 0.29) is 41.1 Å². The number of allylic oxidation sites excluding steroid dienone is 2.